The van der Waals surface area contributed by atoms with Crippen LogP contribution in [0.5, 0.6) is 0 Å². The van der Waals surface area contributed by atoms with Crippen molar-refractivity contribution in [2.75, 3.05) is 54.0 Å². The Morgan fingerprint density at radius 2 is 1.78 bits per heavy atom. The average molecular weight is 484 g/mol. The van der Waals surface area contributed by atoms with Crippen LogP contribution in [0, 0.1) is 0 Å². The summed E-state index contributed by atoms with van der Waals surface area (Å²) >= 11 is 0. The predicted octanol–water partition coefficient (Wildman–Crippen LogP) is 3.13. The molecule has 0 saturated heterocycles. The summed E-state index contributed by atoms with van der Waals surface area (Å²) < 4.78 is 5.09. The van der Waals surface area contributed by atoms with Crippen LogP contribution in [0.4, 0.5) is 0 Å². The number of nitrogens with zero attached hydrogens (tertiary/aromatic N) is 2. The highest BCUT2D eigenvalue weighted by molar-refractivity contribution is 14.0. The molecular formula is C21H33IN4O. The number of methoxy groups -OCH3 is 1. The third kappa shape index (κ3) is 8.90. The van der Waals surface area contributed by atoms with E-state index in [0.717, 1.165) is 51.6 Å². The van der Waals surface area contributed by atoms with Gasteiger partial charge in [0.2, 0.25) is 0 Å². The SMILES string of the molecule is CN=C(NCCc1ccc2ccccc2c1)NCCN(C)CCCOC.I. The molecule has 150 valence electrons. The number of hydrogen-bond acceptors (Lipinski definition) is 3. The molecule has 0 unspecified atom stereocenters. The largest absolute Gasteiger partial charge is 0.385 e. The van der Waals surface area contributed by atoms with Gasteiger partial charge in [0, 0.05) is 46.9 Å². The van der Waals surface area contributed by atoms with Gasteiger partial charge >= 0.3 is 0 Å². The van der Waals surface area contributed by atoms with E-state index in [4.69, 9.17) is 4.74 Å². The monoisotopic (exact) mass is 484 g/mol. The van der Waals surface area contributed by atoms with Crippen molar-refractivity contribution in [3.05, 3.63) is 48.0 Å². The lowest BCUT2D eigenvalue weighted by Gasteiger charge is -2.18. The smallest absolute Gasteiger partial charge is 0.191 e. The second-order valence-corrected chi connectivity index (χ2v) is 6.51. The van der Waals surface area contributed by atoms with Gasteiger partial charge in [-0.05, 0) is 36.2 Å². The van der Waals surface area contributed by atoms with Crippen LogP contribution in [0.3, 0.4) is 0 Å². The van der Waals surface area contributed by atoms with Crippen molar-refractivity contribution in [3.8, 4) is 0 Å². The molecular weight excluding hydrogens is 451 g/mol. The number of fused-ring (bicyclic) bond motifs is 1. The maximum absolute atomic E-state index is 5.09. The first-order valence-electron chi connectivity index (χ1n) is 9.32. The molecule has 6 heteroatoms. The third-order valence-corrected chi connectivity index (χ3v) is 4.42. The van der Waals surface area contributed by atoms with Crippen LogP contribution in [-0.4, -0.2) is 64.9 Å². The Morgan fingerprint density at radius 1 is 1.04 bits per heavy atom. The highest BCUT2D eigenvalue weighted by atomic mass is 127. The fourth-order valence-corrected chi connectivity index (χ4v) is 2.90. The number of guanidine groups is 1. The van der Waals surface area contributed by atoms with Gasteiger partial charge in [-0.1, -0.05) is 42.5 Å². The maximum atomic E-state index is 5.09. The van der Waals surface area contributed by atoms with Gasteiger partial charge in [-0.3, -0.25) is 4.99 Å². The quantitative estimate of drug-likeness (QED) is 0.236. The number of halogens is 1. The lowest BCUT2D eigenvalue weighted by Crippen LogP contribution is -2.41. The molecule has 27 heavy (non-hydrogen) atoms. The fourth-order valence-electron chi connectivity index (χ4n) is 2.90. The second-order valence-electron chi connectivity index (χ2n) is 6.51. The summed E-state index contributed by atoms with van der Waals surface area (Å²) in [6.45, 7) is 4.58. The van der Waals surface area contributed by atoms with Gasteiger partial charge in [-0.25, -0.2) is 0 Å². The van der Waals surface area contributed by atoms with E-state index in [1.165, 1.54) is 16.3 Å². The van der Waals surface area contributed by atoms with Gasteiger partial charge in [-0.2, -0.15) is 0 Å². The van der Waals surface area contributed by atoms with E-state index >= 15 is 0 Å². The molecule has 2 aromatic rings. The number of aliphatic imine (C=N–C) groups is 1. The molecule has 0 aliphatic carbocycles. The Labute approximate surface area is 180 Å². The van der Waals surface area contributed by atoms with Crippen LogP contribution >= 0.6 is 24.0 Å². The third-order valence-electron chi connectivity index (χ3n) is 4.42. The number of rotatable bonds is 10. The normalized spacial score (nSPS) is 11.5. The van der Waals surface area contributed by atoms with Gasteiger partial charge in [-0.15, -0.1) is 24.0 Å². The van der Waals surface area contributed by atoms with Crippen molar-refractivity contribution in [1.29, 1.82) is 0 Å². The van der Waals surface area contributed by atoms with Gasteiger partial charge in [0.05, 0.1) is 0 Å². The Hall–Kier alpha value is -1.38. The summed E-state index contributed by atoms with van der Waals surface area (Å²) in [7, 11) is 5.69. The number of nitrogens with one attached hydrogen (secondary N) is 2. The molecule has 0 radical (unpaired) electrons. The summed E-state index contributed by atoms with van der Waals surface area (Å²) in [5.74, 6) is 0.857. The first-order chi connectivity index (χ1) is 12.7. The van der Waals surface area contributed by atoms with Crippen molar-refractivity contribution in [2.24, 2.45) is 4.99 Å². The number of ether oxygens (including phenoxy) is 1. The highest BCUT2D eigenvalue weighted by Crippen LogP contribution is 2.15. The molecule has 0 aliphatic rings. The molecule has 2 aromatic carbocycles. The van der Waals surface area contributed by atoms with Gasteiger partial charge in [0.25, 0.3) is 0 Å². The molecule has 0 heterocycles. The zero-order valence-corrected chi connectivity index (χ0v) is 19.0. The minimum atomic E-state index is 0. The van der Waals surface area contributed by atoms with Crippen molar-refractivity contribution >= 4 is 40.7 Å². The van der Waals surface area contributed by atoms with Crippen LogP contribution in [0.25, 0.3) is 10.8 Å². The topological polar surface area (TPSA) is 48.9 Å². The molecule has 0 spiro atoms. The van der Waals surface area contributed by atoms with Gasteiger partial charge in [0.15, 0.2) is 5.96 Å². The Morgan fingerprint density at radius 3 is 2.52 bits per heavy atom. The average Bonchev–Trinajstić information content (AvgIpc) is 2.67. The maximum Gasteiger partial charge on any atom is 0.191 e. The summed E-state index contributed by atoms with van der Waals surface area (Å²) in [6.07, 6.45) is 2.04. The molecule has 0 aromatic heterocycles. The number of benzene rings is 2. The Bertz CT molecular complexity index is 693. The molecule has 2 N–H and O–H groups in total. The van der Waals surface area contributed by atoms with Crippen molar-refractivity contribution in [1.82, 2.24) is 15.5 Å². The lowest BCUT2D eigenvalue weighted by molar-refractivity contribution is 0.180. The minimum Gasteiger partial charge on any atom is -0.385 e. The van der Waals surface area contributed by atoms with E-state index in [9.17, 15) is 0 Å². The Balaban J connectivity index is 0.00000364. The lowest BCUT2D eigenvalue weighted by atomic mass is 10.1. The second kappa shape index (κ2) is 13.7. The first-order valence-corrected chi connectivity index (χ1v) is 9.32. The summed E-state index contributed by atoms with van der Waals surface area (Å²) in [4.78, 5) is 6.60. The molecule has 2 rings (SSSR count). The molecule has 0 fully saturated rings. The molecule has 0 bridgehead atoms. The van der Waals surface area contributed by atoms with Crippen molar-refractivity contribution < 1.29 is 4.74 Å². The van der Waals surface area contributed by atoms with Gasteiger partial charge < -0.3 is 20.3 Å². The zero-order chi connectivity index (χ0) is 18.6. The number of hydrogen-bond donors (Lipinski definition) is 2. The first kappa shape index (κ1) is 23.7. The van der Waals surface area contributed by atoms with E-state index < -0.39 is 0 Å². The number of likely N-dealkylation sites (N-methyl/N-ethyl adjacent to an activating group) is 1. The fraction of sp³-hybridized carbons (Fsp3) is 0.476. The van der Waals surface area contributed by atoms with Crippen LogP contribution in [0.2, 0.25) is 0 Å². The van der Waals surface area contributed by atoms with E-state index in [1.54, 1.807) is 7.11 Å². The standard InChI is InChI=1S/C21H32N4O.HI/c1-22-21(24-13-15-25(2)14-6-16-26-3)23-12-11-18-9-10-19-7-4-5-8-20(19)17-18;/h4-5,7-10,17H,6,11-16H2,1-3H3,(H2,22,23,24);1H. The molecule has 0 aliphatic heterocycles. The Kier molecular flexibility index (Phi) is 12.0. The van der Waals surface area contributed by atoms with Gasteiger partial charge in [0.1, 0.15) is 0 Å². The van der Waals surface area contributed by atoms with Crippen LogP contribution in [0.15, 0.2) is 47.5 Å². The van der Waals surface area contributed by atoms with Crippen molar-refractivity contribution in [3.63, 3.8) is 0 Å². The van der Waals surface area contributed by atoms with Crippen LogP contribution in [0.1, 0.15) is 12.0 Å². The molecule has 0 atom stereocenters. The van der Waals surface area contributed by atoms with E-state index in [1.807, 2.05) is 7.05 Å². The zero-order valence-electron chi connectivity index (χ0n) is 16.7. The van der Waals surface area contributed by atoms with E-state index in [-0.39, 0.29) is 24.0 Å². The molecule has 0 saturated carbocycles. The summed E-state index contributed by atoms with van der Waals surface area (Å²) in [6, 6.07) is 15.1. The molecule has 5 nitrogen and oxygen atoms in total. The van der Waals surface area contributed by atoms with E-state index in [0.29, 0.717) is 0 Å². The molecule has 0 amide bonds. The minimum absolute atomic E-state index is 0. The van der Waals surface area contributed by atoms with Crippen LogP contribution < -0.4 is 10.6 Å². The van der Waals surface area contributed by atoms with Crippen molar-refractivity contribution in [2.45, 2.75) is 12.8 Å². The van der Waals surface area contributed by atoms with Crippen LogP contribution in [-0.2, 0) is 11.2 Å². The van der Waals surface area contributed by atoms with E-state index in [2.05, 4.69) is 70.0 Å². The summed E-state index contributed by atoms with van der Waals surface area (Å²) in [5, 5.41) is 9.35. The summed E-state index contributed by atoms with van der Waals surface area (Å²) in [5.41, 5.74) is 1.34. The highest BCUT2D eigenvalue weighted by Gasteiger charge is 2.01. The predicted molar refractivity (Wildman–Crippen MR) is 126 cm³/mol.